The molecule has 2 saturated carbocycles. The fourth-order valence-corrected chi connectivity index (χ4v) is 3.75. The highest BCUT2D eigenvalue weighted by molar-refractivity contribution is 14.0. The van der Waals surface area contributed by atoms with Gasteiger partial charge in [-0.1, -0.05) is 26.7 Å². The minimum Gasteiger partial charge on any atom is -0.378 e. The second-order valence-corrected chi connectivity index (χ2v) is 6.66. The topological polar surface area (TPSA) is 45.6 Å². The van der Waals surface area contributed by atoms with E-state index in [1.54, 1.807) is 0 Å². The van der Waals surface area contributed by atoms with Crippen LogP contribution in [0.15, 0.2) is 4.99 Å². The zero-order valence-corrected chi connectivity index (χ0v) is 16.3. The summed E-state index contributed by atoms with van der Waals surface area (Å²) in [5, 5.41) is 7.06. The van der Waals surface area contributed by atoms with Crippen molar-refractivity contribution in [3.05, 3.63) is 0 Å². The molecule has 0 heterocycles. The van der Waals surface area contributed by atoms with Gasteiger partial charge in [0.25, 0.3) is 0 Å². The Kier molecular flexibility index (Phi) is 7.74. The molecule has 4 nitrogen and oxygen atoms in total. The van der Waals surface area contributed by atoms with Gasteiger partial charge in [-0.05, 0) is 32.1 Å². The van der Waals surface area contributed by atoms with Crippen LogP contribution < -0.4 is 10.6 Å². The first-order chi connectivity index (χ1) is 9.62. The molecule has 21 heavy (non-hydrogen) atoms. The largest absolute Gasteiger partial charge is 0.378 e. The van der Waals surface area contributed by atoms with E-state index in [2.05, 4.69) is 36.4 Å². The number of halogens is 1. The summed E-state index contributed by atoms with van der Waals surface area (Å²) >= 11 is 0. The molecule has 0 aromatic carbocycles. The van der Waals surface area contributed by atoms with Crippen LogP contribution in [0, 0.1) is 11.3 Å². The van der Waals surface area contributed by atoms with Crippen molar-refractivity contribution in [2.24, 2.45) is 16.3 Å². The fourth-order valence-electron chi connectivity index (χ4n) is 3.75. The van der Waals surface area contributed by atoms with Crippen molar-refractivity contribution in [1.82, 2.24) is 10.6 Å². The van der Waals surface area contributed by atoms with Gasteiger partial charge in [-0.3, -0.25) is 4.99 Å². The molecule has 0 bridgehead atoms. The maximum atomic E-state index is 5.96. The smallest absolute Gasteiger partial charge is 0.191 e. The second kappa shape index (κ2) is 8.56. The van der Waals surface area contributed by atoms with Crippen LogP contribution in [-0.4, -0.2) is 38.3 Å². The number of ether oxygens (including phenoxy) is 1. The van der Waals surface area contributed by atoms with E-state index in [9.17, 15) is 0 Å². The number of hydrogen-bond acceptors (Lipinski definition) is 2. The molecule has 2 N–H and O–H groups in total. The van der Waals surface area contributed by atoms with E-state index in [1.807, 2.05) is 7.05 Å². The van der Waals surface area contributed by atoms with Gasteiger partial charge in [-0.2, -0.15) is 0 Å². The Morgan fingerprint density at radius 3 is 2.52 bits per heavy atom. The van der Waals surface area contributed by atoms with Gasteiger partial charge < -0.3 is 15.4 Å². The van der Waals surface area contributed by atoms with E-state index in [-0.39, 0.29) is 24.0 Å². The number of nitrogens with one attached hydrogen (secondary N) is 2. The predicted molar refractivity (Wildman–Crippen MR) is 99.5 cm³/mol. The van der Waals surface area contributed by atoms with Gasteiger partial charge in [0.15, 0.2) is 5.96 Å². The maximum Gasteiger partial charge on any atom is 0.191 e. The molecule has 2 atom stereocenters. The van der Waals surface area contributed by atoms with Gasteiger partial charge in [0, 0.05) is 31.7 Å². The molecule has 2 fully saturated rings. The first-order valence-electron chi connectivity index (χ1n) is 8.21. The van der Waals surface area contributed by atoms with Crippen molar-refractivity contribution in [2.75, 3.05) is 20.2 Å². The molecule has 2 unspecified atom stereocenters. The Morgan fingerprint density at radius 2 is 2.00 bits per heavy atom. The standard InChI is InChI=1S/C16H31N3O.HI/c1-5-20-14-10-13(16(14)8-6-7-9-16)19-15(17-4)18-11-12(2)3;/h12-14H,5-11H2,1-4H3,(H2,17,18,19);1H. The Hall–Kier alpha value is -0.0400. The van der Waals surface area contributed by atoms with Crippen LogP contribution in [0.5, 0.6) is 0 Å². The van der Waals surface area contributed by atoms with Gasteiger partial charge >= 0.3 is 0 Å². The summed E-state index contributed by atoms with van der Waals surface area (Å²) in [6.45, 7) is 8.33. The number of nitrogens with zero attached hydrogens (tertiary/aromatic N) is 1. The molecule has 0 aromatic rings. The molecule has 0 radical (unpaired) electrons. The Balaban J connectivity index is 0.00000220. The predicted octanol–water partition coefficient (Wildman–Crippen LogP) is 3.16. The highest BCUT2D eigenvalue weighted by atomic mass is 127. The van der Waals surface area contributed by atoms with Gasteiger partial charge in [0.1, 0.15) is 0 Å². The normalized spacial score (nSPS) is 27.4. The van der Waals surface area contributed by atoms with Crippen LogP contribution in [0.1, 0.15) is 52.9 Å². The summed E-state index contributed by atoms with van der Waals surface area (Å²) in [4.78, 5) is 4.36. The van der Waals surface area contributed by atoms with Crippen molar-refractivity contribution in [1.29, 1.82) is 0 Å². The molecule has 0 saturated heterocycles. The molecule has 2 aliphatic rings. The van der Waals surface area contributed by atoms with E-state index in [0.29, 0.717) is 23.5 Å². The van der Waals surface area contributed by atoms with Crippen LogP contribution in [-0.2, 0) is 4.74 Å². The van der Waals surface area contributed by atoms with Crippen molar-refractivity contribution in [2.45, 2.75) is 65.0 Å². The lowest BCUT2D eigenvalue weighted by molar-refractivity contribution is -0.125. The number of hydrogen-bond donors (Lipinski definition) is 2. The zero-order chi connectivity index (χ0) is 14.6. The molecule has 0 amide bonds. The third-order valence-corrected chi connectivity index (χ3v) is 4.90. The van der Waals surface area contributed by atoms with Gasteiger partial charge in [0.05, 0.1) is 6.10 Å². The molecular formula is C16H32IN3O. The summed E-state index contributed by atoms with van der Waals surface area (Å²) in [5.74, 6) is 1.58. The molecule has 2 rings (SSSR count). The van der Waals surface area contributed by atoms with Gasteiger partial charge in [0.2, 0.25) is 0 Å². The lowest BCUT2D eigenvalue weighted by atomic mass is 9.60. The Bertz CT molecular complexity index is 340. The van der Waals surface area contributed by atoms with Crippen LogP contribution >= 0.6 is 24.0 Å². The number of rotatable bonds is 5. The minimum atomic E-state index is 0. The third-order valence-electron chi connectivity index (χ3n) is 4.90. The molecule has 2 aliphatic carbocycles. The lowest BCUT2D eigenvalue weighted by Crippen LogP contribution is -2.65. The first-order valence-corrected chi connectivity index (χ1v) is 8.21. The first kappa shape index (κ1) is 19.0. The maximum absolute atomic E-state index is 5.96. The zero-order valence-electron chi connectivity index (χ0n) is 13.9. The molecular weight excluding hydrogens is 377 g/mol. The van der Waals surface area contributed by atoms with E-state index in [1.165, 1.54) is 25.7 Å². The Labute approximate surface area is 146 Å². The van der Waals surface area contributed by atoms with Crippen molar-refractivity contribution in [3.8, 4) is 0 Å². The fraction of sp³-hybridized carbons (Fsp3) is 0.938. The van der Waals surface area contributed by atoms with Crippen LogP contribution in [0.4, 0.5) is 0 Å². The SMILES string of the molecule is CCOC1CC(NC(=NC)NCC(C)C)C12CCCC2.I. The molecule has 0 aromatic heterocycles. The summed E-state index contributed by atoms with van der Waals surface area (Å²) in [6.07, 6.45) is 6.87. The molecule has 0 aliphatic heterocycles. The van der Waals surface area contributed by atoms with Crippen LogP contribution in [0.2, 0.25) is 0 Å². The summed E-state index contributed by atoms with van der Waals surface area (Å²) in [6, 6.07) is 0.528. The second-order valence-electron chi connectivity index (χ2n) is 6.66. The quantitative estimate of drug-likeness (QED) is 0.417. The molecule has 1 spiro atoms. The third kappa shape index (κ3) is 4.24. The molecule has 5 heteroatoms. The number of guanidine groups is 1. The monoisotopic (exact) mass is 409 g/mol. The highest BCUT2D eigenvalue weighted by Gasteiger charge is 2.56. The van der Waals surface area contributed by atoms with Gasteiger partial charge in [-0.15, -0.1) is 24.0 Å². The summed E-state index contributed by atoms with van der Waals surface area (Å²) in [7, 11) is 1.86. The van der Waals surface area contributed by atoms with Gasteiger partial charge in [-0.25, -0.2) is 0 Å². The van der Waals surface area contributed by atoms with E-state index < -0.39 is 0 Å². The summed E-state index contributed by atoms with van der Waals surface area (Å²) in [5.41, 5.74) is 0.367. The minimum absolute atomic E-state index is 0. The lowest BCUT2D eigenvalue weighted by Gasteiger charge is -2.54. The van der Waals surface area contributed by atoms with Crippen LogP contribution in [0.25, 0.3) is 0 Å². The summed E-state index contributed by atoms with van der Waals surface area (Å²) < 4.78 is 5.96. The van der Waals surface area contributed by atoms with Crippen LogP contribution in [0.3, 0.4) is 0 Å². The molecule has 124 valence electrons. The van der Waals surface area contributed by atoms with Crippen molar-refractivity contribution >= 4 is 29.9 Å². The van der Waals surface area contributed by atoms with Crippen molar-refractivity contribution < 1.29 is 4.74 Å². The highest BCUT2D eigenvalue weighted by Crippen LogP contribution is 2.54. The number of aliphatic imine (C=N–C) groups is 1. The van der Waals surface area contributed by atoms with E-state index >= 15 is 0 Å². The Morgan fingerprint density at radius 1 is 1.33 bits per heavy atom. The average molecular weight is 409 g/mol. The van der Waals surface area contributed by atoms with Crippen molar-refractivity contribution in [3.63, 3.8) is 0 Å². The van der Waals surface area contributed by atoms with E-state index in [4.69, 9.17) is 4.74 Å². The average Bonchev–Trinajstić information content (AvgIpc) is 2.93. The van der Waals surface area contributed by atoms with E-state index in [0.717, 1.165) is 25.5 Å².